The zero-order valence-electron chi connectivity index (χ0n) is 13.9. The first-order chi connectivity index (χ1) is 11.5. The molecule has 0 bridgehead atoms. The Balaban J connectivity index is 1.93. The molecular formula is C19H22F2N2O. The highest BCUT2D eigenvalue weighted by Crippen LogP contribution is 2.18. The number of halogens is 2. The summed E-state index contributed by atoms with van der Waals surface area (Å²) in [6, 6.07) is 13.7. The van der Waals surface area contributed by atoms with Crippen molar-refractivity contribution in [2.24, 2.45) is 0 Å². The highest BCUT2D eigenvalue weighted by atomic mass is 19.1. The van der Waals surface area contributed by atoms with E-state index in [0.717, 1.165) is 24.2 Å². The Morgan fingerprint density at radius 3 is 2.25 bits per heavy atom. The molecular weight excluding hydrogens is 310 g/mol. The number of nitrogens with zero attached hydrogens (tertiary/aromatic N) is 1. The Morgan fingerprint density at radius 1 is 1.04 bits per heavy atom. The van der Waals surface area contributed by atoms with Gasteiger partial charge in [-0.25, -0.2) is 8.78 Å². The van der Waals surface area contributed by atoms with Crippen molar-refractivity contribution in [2.75, 3.05) is 11.9 Å². The molecule has 0 saturated heterocycles. The van der Waals surface area contributed by atoms with Gasteiger partial charge >= 0.3 is 0 Å². The third-order valence-corrected chi connectivity index (χ3v) is 3.81. The summed E-state index contributed by atoms with van der Waals surface area (Å²) >= 11 is 0. The van der Waals surface area contributed by atoms with Gasteiger partial charge in [0.25, 0.3) is 0 Å². The Hall–Kier alpha value is -2.27. The normalized spacial score (nSPS) is 11.1. The van der Waals surface area contributed by atoms with Crippen molar-refractivity contribution in [3.8, 4) is 0 Å². The molecule has 0 atom stereocenters. The lowest BCUT2D eigenvalue weighted by atomic mass is 10.2. The van der Waals surface area contributed by atoms with E-state index in [0.29, 0.717) is 6.54 Å². The standard InChI is InChI=1S/C19H22F2N2O/c1-14(2)23(13-15-7-4-3-5-8-15)12-11-18(24)22-19-16(20)9-6-10-17(19)21/h3-10,14H,11-13H2,1-2H3,(H,22,24). The molecule has 0 aliphatic carbocycles. The lowest BCUT2D eigenvalue weighted by Gasteiger charge is -2.26. The number of benzene rings is 2. The van der Waals surface area contributed by atoms with Gasteiger partial charge in [-0.15, -0.1) is 0 Å². The fourth-order valence-electron chi connectivity index (χ4n) is 2.40. The smallest absolute Gasteiger partial charge is 0.225 e. The molecule has 0 aliphatic rings. The number of para-hydroxylation sites is 1. The van der Waals surface area contributed by atoms with E-state index in [4.69, 9.17) is 0 Å². The van der Waals surface area contributed by atoms with Gasteiger partial charge in [0, 0.05) is 25.6 Å². The second kappa shape index (κ2) is 8.55. The van der Waals surface area contributed by atoms with Crippen molar-refractivity contribution in [3.05, 3.63) is 65.7 Å². The molecule has 1 amide bonds. The monoisotopic (exact) mass is 332 g/mol. The van der Waals surface area contributed by atoms with E-state index >= 15 is 0 Å². The van der Waals surface area contributed by atoms with Crippen LogP contribution in [-0.4, -0.2) is 23.4 Å². The lowest BCUT2D eigenvalue weighted by molar-refractivity contribution is -0.116. The van der Waals surface area contributed by atoms with Gasteiger partial charge in [-0.2, -0.15) is 0 Å². The summed E-state index contributed by atoms with van der Waals surface area (Å²) in [6.07, 6.45) is 0.165. The molecule has 2 aromatic carbocycles. The molecule has 0 aromatic heterocycles. The van der Waals surface area contributed by atoms with E-state index in [9.17, 15) is 13.6 Å². The summed E-state index contributed by atoms with van der Waals surface area (Å²) in [7, 11) is 0. The van der Waals surface area contributed by atoms with Crippen molar-refractivity contribution in [3.63, 3.8) is 0 Å². The van der Waals surface area contributed by atoms with Crippen LogP contribution in [0.25, 0.3) is 0 Å². The summed E-state index contributed by atoms with van der Waals surface area (Å²) in [5.74, 6) is -1.94. The molecule has 2 aromatic rings. The van der Waals surface area contributed by atoms with Gasteiger partial charge in [0.15, 0.2) is 0 Å². The summed E-state index contributed by atoms with van der Waals surface area (Å²) in [6.45, 7) is 5.34. The van der Waals surface area contributed by atoms with Gasteiger partial charge in [-0.1, -0.05) is 36.4 Å². The average molecular weight is 332 g/mol. The van der Waals surface area contributed by atoms with Crippen LogP contribution in [0.1, 0.15) is 25.8 Å². The van der Waals surface area contributed by atoms with Crippen LogP contribution in [0.5, 0.6) is 0 Å². The minimum atomic E-state index is -0.770. The maximum atomic E-state index is 13.6. The molecule has 0 radical (unpaired) electrons. The van der Waals surface area contributed by atoms with E-state index in [1.807, 2.05) is 30.3 Å². The number of rotatable bonds is 7. The van der Waals surface area contributed by atoms with Crippen molar-refractivity contribution in [2.45, 2.75) is 32.9 Å². The average Bonchev–Trinajstić information content (AvgIpc) is 2.55. The summed E-state index contributed by atoms with van der Waals surface area (Å²) in [5.41, 5.74) is 0.772. The molecule has 5 heteroatoms. The van der Waals surface area contributed by atoms with Crippen LogP contribution in [0.2, 0.25) is 0 Å². The Morgan fingerprint density at radius 2 is 1.67 bits per heavy atom. The second-order valence-corrected chi connectivity index (χ2v) is 5.94. The van der Waals surface area contributed by atoms with Crippen LogP contribution >= 0.6 is 0 Å². The zero-order valence-corrected chi connectivity index (χ0v) is 13.9. The van der Waals surface area contributed by atoms with Crippen LogP contribution in [-0.2, 0) is 11.3 Å². The van der Waals surface area contributed by atoms with Crippen molar-refractivity contribution < 1.29 is 13.6 Å². The number of hydrogen-bond acceptors (Lipinski definition) is 2. The molecule has 3 nitrogen and oxygen atoms in total. The quantitative estimate of drug-likeness (QED) is 0.824. The molecule has 0 spiro atoms. The number of hydrogen-bond donors (Lipinski definition) is 1. The number of anilines is 1. The highest BCUT2D eigenvalue weighted by molar-refractivity contribution is 5.91. The maximum Gasteiger partial charge on any atom is 0.225 e. The minimum Gasteiger partial charge on any atom is -0.321 e. The Bertz CT molecular complexity index is 654. The molecule has 1 N–H and O–H groups in total. The number of nitrogens with one attached hydrogen (secondary N) is 1. The molecule has 0 unspecified atom stereocenters. The van der Waals surface area contributed by atoms with E-state index in [-0.39, 0.29) is 18.2 Å². The molecule has 0 fully saturated rings. The number of carbonyl (C=O) groups excluding carboxylic acids is 1. The van der Waals surface area contributed by atoms with Gasteiger partial charge in [-0.3, -0.25) is 9.69 Å². The SMILES string of the molecule is CC(C)N(CCC(=O)Nc1c(F)cccc1F)Cc1ccccc1. The third kappa shape index (κ3) is 5.13. The van der Waals surface area contributed by atoms with Gasteiger partial charge in [0.05, 0.1) is 0 Å². The van der Waals surface area contributed by atoms with Crippen molar-refractivity contribution in [1.82, 2.24) is 4.90 Å². The van der Waals surface area contributed by atoms with E-state index in [1.54, 1.807) is 0 Å². The predicted octanol–water partition coefficient (Wildman–Crippen LogP) is 4.20. The summed E-state index contributed by atoms with van der Waals surface area (Å²) in [4.78, 5) is 14.2. The minimum absolute atomic E-state index is 0.165. The van der Waals surface area contributed by atoms with Crippen LogP contribution in [0, 0.1) is 11.6 Å². The number of carbonyl (C=O) groups is 1. The molecule has 0 saturated carbocycles. The zero-order chi connectivity index (χ0) is 17.5. The van der Waals surface area contributed by atoms with Crippen LogP contribution in [0.4, 0.5) is 14.5 Å². The van der Waals surface area contributed by atoms with E-state index in [1.165, 1.54) is 6.07 Å². The van der Waals surface area contributed by atoms with Gasteiger partial charge in [0.2, 0.25) is 5.91 Å². The largest absolute Gasteiger partial charge is 0.321 e. The molecule has 0 heterocycles. The number of amides is 1. The lowest BCUT2D eigenvalue weighted by Crippen LogP contribution is -2.33. The third-order valence-electron chi connectivity index (χ3n) is 3.81. The second-order valence-electron chi connectivity index (χ2n) is 5.94. The molecule has 2 rings (SSSR count). The van der Waals surface area contributed by atoms with Crippen molar-refractivity contribution in [1.29, 1.82) is 0 Å². The first kappa shape index (κ1) is 18.1. The fraction of sp³-hybridized carbons (Fsp3) is 0.316. The summed E-state index contributed by atoms with van der Waals surface area (Å²) < 4.78 is 27.1. The fourth-order valence-corrected chi connectivity index (χ4v) is 2.40. The molecule has 0 aliphatic heterocycles. The van der Waals surface area contributed by atoms with E-state index in [2.05, 4.69) is 24.1 Å². The van der Waals surface area contributed by atoms with Crippen LogP contribution in [0.15, 0.2) is 48.5 Å². The Kier molecular flexibility index (Phi) is 6.44. The van der Waals surface area contributed by atoms with Crippen LogP contribution in [0.3, 0.4) is 0 Å². The van der Waals surface area contributed by atoms with Crippen LogP contribution < -0.4 is 5.32 Å². The first-order valence-electron chi connectivity index (χ1n) is 7.99. The Labute approximate surface area is 141 Å². The topological polar surface area (TPSA) is 32.3 Å². The molecule has 24 heavy (non-hydrogen) atoms. The van der Waals surface area contributed by atoms with Gasteiger partial charge < -0.3 is 5.32 Å². The summed E-state index contributed by atoms with van der Waals surface area (Å²) in [5, 5.41) is 2.32. The first-order valence-corrected chi connectivity index (χ1v) is 7.99. The molecule has 128 valence electrons. The van der Waals surface area contributed by atoms with Crippen molar-refractivity contribution >= 4 is 11.6 Å². The predicted molar refractivity (Wildman–Crippen MR) is 91.6 cm³/mol. The highest BCUT2D eigenvalue weighted by Gasteiger charge is 2.15. The van der Waals surface area contributed by atoms with E-state index < -0.39 is 17.5 Å². The van der Waals surface area contributed by atoms with Gasteiger partial charge in [0.1, 0.15) is 17.3 Å². The van der Waals surface area contributed by atoms with Gasteiger partial charge in [-0.05, 0) is 31.5 Å². The maximum absolute atomic E-state index is 13.6.